The van der Waals surface area contributed by atoms with Gasteiger partial charge in [-0.3, -0.25) is 0 Å². The Kier molecular flexibility index (Phi) is 4.98. The second kappa shape index (κ2) is 6.02. The van der Waals surface area contributed by atoms with Crippen molar-refractivity contribution in [2.75, 3.05) is 13.4 Å². The van der Waals surface area contributed by atoms with Gasteiger partial charge in [0.25, 0.3) is 0 Å². The Labute approximate surface area is 95.3 Å². The summed E-state index contributed by atoms with van der Waals surface area (Å²) in [6.07, 6.45) is 0. The molecule has 5 heteroatoms. The Hall–Kier alpha value is -0.680. The molecular weight excluding hydrogens is 270 g/mol. The average Bonchev–Trinajstić information content (AvgIpc) is 2.22. The van der Waals surface area contributed by atoms with E-state index >= 15 is 0 Å². The molecule has 0 aliphatic carbocycles. The molecule has 2 nitrogen and oxygen atoms in total. The van der Waals surface area contributed by atoms with Crippen LogP contribution in [-0.2, 0) is 10.1 Å². The molecule has 1 aromatic carbocycles. The van der Waals surface area contributed by atoms with E-state index in [-0.39, 0.29) is 6.79 Å². The summed E-state index contributed by atoms with van der Waals surface area (Å²) in [6, 6.07) is 2.44. The molecule has 0 fully saturated rings. The van der Waals surface area contributed by atoms with Crippen LogP contribution in [0.5, 0.6) is 5.75 Å². The van der Waals surface area contributed by atoms with Gasteiger partial charge in [0.05, 0.1) is 0 Å². The second-order valence-electron chi connectivity index (χ2n) is 2.78. The van der Waals surface area contributed by atoms with Gasteiger partial charge in [-0.1, -0.05) is 15.9 Å². The fourth-order valence-corrected chi connectivity index (χ4v) is 1.34. The number of halogens is 3. The molecule has 0 aliphatic heterocycles. The first-order valence-corrected chi connectivity index (χ1v) is 5.55. The summed E-state index contributed by atoms with van der Waals surface area (Å²) in [6.45, 7) is 2.05. The SMILES string of the molecule is CCOCOc1c(F)cc(CBr)cc1F. The lowest BCUT2D eigenvalue weighted by atomic mass is 10.2. The van der Waals surface area contributed by atoms with Crippen LogP contribution in [0, 0.1) is 11.6 Å². The van der Waals surface area contributed by atoms with Gasteiger partial charge in [0.15, 0.2) is 24.2 Å². The highest BCUT2D eigenvalue weighted by molar-refractivity contribution is 9.08. The lowest BCUT2D eigenvalue weighted by Gasteiger charge is -2.08. The number of rotatable bonds is 5. The number of hydrogen-bond acceptors (Lipinski definition) is 2. The van der Waals surface area contributed by atoms with E-state index in [2.05, 4.69) is 15.9 Å². The Bertz CT molecular complexity index is 308. The highest BCUT2D eigenvalue weighted by Crippen LogP contribution is 2.24. The molecule has 0 saturated carbocycles. The van der Waals surface area contributed by atoms with Crippen LogP contribution in [-0.4, -0.2) is 13.4 Å². The third-order valence-corrected chi connectivity index (χ3v) is 2.35. The van der Waals surface area contributed by atoms with Crippen LogP contribution in [0.25, 0.3) is 0 Å². The molecule has 0 N–H and O–H groups in total. The smallest absolute Gasteiger partial charge is 0.193 e. The molecule has 84 valence electrons. The number of hydrogen-bond donors (Lipinski definition) is 0. The first-order chi connectivity index (χ1) is 7.19. The Balaban J connectivity index is 2.79. The van der Waals surface area contributed by atoms with Crippen molar-refractivity contribution in [2.24, 2.45) is 0 Å². The van der Waals surface area contributed by atoms with E-state index in [1.54, 1.807) is 6.92 Å². The zero-order valence-electron chi connectivity index (χ0n) is 8.23. The maximum atomic E-state index is 13.3. The van der Waals surface area contributed by atoms with Gasteiger partial charge in [-0.25, -0.2) is 8.78 Å². The van der Waals surface area contributed by atoms with Gasteiger partial charge < -0.3 is 9.47 Å². The first kappa shape index (κ1) is 12.4. The Morgan fingerprint density at radius 2 is 1.87 bits per heavy atom. The fraction of sp³-hybridized carbons (Fsp3) is 0.400. The average molecular weight is 281 g/mol. The van der Waals surface area contributed by atoms with E-state index in [1.807, 2.05) is 0 Å². The van der Waals surface area contributed by atoms with Crippen LogP contribution >= 0.6 is 15.9 Å². The molecule has 0 heterocycles. The minimum atomic E-state index is -0.718. The van der Waals surface area contributed by atoms with Crippen LogP contribution in [0.1, 0.15) is 12.5 Å². The van der Waals surface area contributed by atoms with E-state index in [0.29, 0.717) is 17.5 Å². The fourth-order valence-electron chi connectivity index (χ4n) is 1.01. The van der Waals surface area contributed by atoms with Crippen molar-refractivity contribution in [1.82, 2.24) is 0 Å². The highest BCUT2D eigenvalue weighted by atomic mass is 79.9. The first-order valence-electron chi connectivity index (χ1n) is 4.43. The van der Waals surface area contributed by atoms with E-state index in [9.17, 15) is 8.78 Å². The molecule has 0 spiro atoms. The third-order valence-electron chi connectivity index (χ3n) is 1.70. The van der Waals surface area contributed by atoms with Crippen molar-refractivity contribution in [3.05, 3.63) is 29.3 Å². The topological polar surface area (TPSA) is 18.5 Å². The molecule has 0 aliphatic rings. The van der Waals surface area contributed by atoms with Gasteiger partial charge >= 0.3 is 0 Å². The van der Waals surface area contributed by atoms with Gasteiger partial charge in [-0.05, 0) is 24.6 Å². The molecule has 15 heavy (non-hydrogen) atoms. The van der Waals surface area contributed by atoms with Crippen molar-refractivity contribution in [2.45, 2.75) is 12.3 Å². The van der Waals surface area contributed by atoms with Crippen molar-refractivity contribution in [3.63, 3.8) is 0 Å². The van der Waals surface area contributed by atoms with E-state index < -0.39 is 17.4 Å². The molecule has 0 bridgehead atoms. The van der Waals surface area contributed by atoms with E-state index in [0.717, 1.165) is 0 Å². The highest BCUT2D eigenvalue weighted by Gasteiger charge is 2.12. The molecule has 1 rings (SSSR count). The van der Waals surface area contributed by atoms with Crippen molar-refractivity contribution in [1.29, 1.82) is 0 Å². The molecule has 0 atom stereocenters. The van der Waals surface area contributed by atoms with Gasteiger partial charge in [0.1, 0.15) is 0 Å². The molecule has 0 aromatic heterocycles. The van der Waals surface area contributed by atoms with Gasteiger partial charge in [0, 0.05) is 11.9 Å². The van der Waals surface area contributed by atoms with Gasteiger partial charge in [-0.2, -0.15) is 0 Å². The van der Waals surface area contributed by atoms with Crippen LogP contribution < -0.4 is 4.74 Å². The predicted molar refractivity (Wildman–Crippen MR) is 56.1 cm³/mol. The summed E-state index contributed by atoms with van der Waals surface area (Å²) in [5.74, 6) is -1.83. The minimum Gasteiger partial charge on any atom is -0.461 e. The lowest BCUT2D eigenvalue weighted by Crippen LogP contribution is -2.05. The normalized spacial score (nSPS) is 10.4. The van der Waals surface area contributed by atoms with Gasteiger partial charge in [0.2, 0.25) is 0 Å². The van der Waals surface area contributed by atoms with Crippen LogP contribution in [0.15, 0.2) is 12.1 Å². The third kappa shape index (κ3) is 3.43. The summed E-state index contributed by atoms with van der Waals surface area (Å²) in [7, 11) is 0. The quantitative estimate of drug-likeness (QED) is 0.468. The van der Waals surface area contributed by atoms with Crippen LogP contribution in [0.2, 0.25) is 0 Å². The summed E-state index contributed by atoms with van der Waals surface area (Å²) in [5.41, 5.74) is 0.522. The van der Waals surface area contributed by atoms with Crippen LogP contribution in [0.3, 0.4) is 0 Å². The minimum absolute atomic E-state index is 0.155. The molecular formula is C10H11BrF2O2. The zero-order chi connectivity index (χ0) is 11.3. The summed E-state index contributed by atoms with van der Waals surface area (Å²) >= 11 is 3.12. The maximum absolute atomic E-state index is 13.3. The molecule has 0 amide bonds. The molecule has 1 aromatic rings. The van der Waals surface area contributed by atoms with Crippen LogP contribution in [0.4, 0.5) is 8.78 Å². The predicted octanol–water partition coefficient (Wildman–Crippen LogP) is 3.23. The van der Waals surface area contributed by atoms with Crippen molar-refractivity contribution in [3.8, 4) is 5.75 Å². The van der Waals surface area contributed by atoms with Gasteiger partial charge in [-0.15, -0.1) is 0 Å². The zero-order valence-corrected chi connectivity index (χ0v) is 9.81. The number of ether oxygens (including phenoxy) is 2. The molecule has 0 saturated heterocycles. The summed E-state index contributed by atoms with van der Waals surface area (Å²) in [5, 5.41) is 0.395. The van der Waals surface area contributed by atoms with Crippen molar-refractivity contribution >= 4 is 15.9 Å². The standard InChI is InChI=1S/C10H11BrF2O2/c1-2-14-6-15-10-8(12)3-7(5-11)4-9(10)13/h3-4H,2,5-6H2,1H3. The number of benzene rings is 1. The number of alkyl halides is 1. The monoisotopic (exact) mass is 280 g/mol. The summed E-state index contributed by atoms with van der Waals surface area (Å²) in [4.78, 5) is 0. The van der Waals surface area contributed by atoms with E-state index in [1.165, 1.54) is 12.1 Å². The molecule has 0 radical (unpaired) electrons. The Morgan fingerprint density at radius 3 is 2.33 bits per heavy atom. The lowest BCUT2D eigenvalue weighted by molar-refractivity contribution is 0.0176. The van der Waals surface area contributed by atoms with Crippen molar-refractivity contribution < 1.29 is 18.3 Å². The van der Waals surface area contributed by atoms with E-state index in [4.69, 9.17) is 9.47 Å². The second-order valence-corrected chi connectivity index (χ2v) is 3.34. The largest absolute Gasteiger partial charge is 0.461 e. The maximum Gasteiger partial charge on any atom is 0.193 e. The molecule has 0 unspecified atom stereocenters. The summed E-state index contributed by atoms with van der Waals surface area (Å²) < 4.78 is 36.2. The Morgan fingerprint density at radius 1 is 1.27 bits per heavy atom.